The molecule has 0 aliphatic carbocycles. The first-order valence-electron chi connectivity index (χ1n) is 5.82. The summed E-state index contributed by atoms with van der Waals surface area (Å²) in [6.45, 7) is 2.87. The smallest absolute Gasteiger partial charge is 0.326 e. The van der Waals surface area contributed by atoms with Crippen molar-refractivity contribution in [3.63, 3.8) is 0 Å². The fourth-order valence-electron chi connectivity index (χ4n) is 1.98. The Bertz CT molecular complexity index is 295. The third-order valence-electron chi connectivity index (χ3n) is 3.33. The van der Waals surface area contributed by atoms with E-state index in [0.717, 1.165) is 6.42 Å². The Morgan fingerprint density at radius 3 is 2.71 bits per heavy atom. The van der Waals surface area contributed by atoms with Crippen molar-refractivity contribution in [3.05, 3.63) is 0 Å². The number of aliphatic hydroxyl groups is 1. The van der Waals surface area contributed by atoms with E-state index in [1.165, 1.54) is 18.9 Å². The normalized spacial score (nSPS) is 21.4. The second-order valence-electron chi connectivity index (χ2n) is 4.52. The summed E-state index contributed by atoms with van der Waals surface area (Å²) < 4.78 is 0. The number of carboxylic acids is 1. The number of carbonyl (C=O) groups excluding carboxylic acids is 1. The molecule has 0 aromatic heterocycles. The maximum Gasteiger partial charge on any atom is 0.326 e. The third kappa shape index (κ3) is 3.33. The zero-order chi connectivity index (χ0) is 13.0. The van der Waals surface area contributed by atoms with Gasteiger partial charge in [-0.1, -0.05) is 0 Å². The molecule has 1 saturated heterocycles. The number of nitrogens with zero attached hydrogens (tertiary/aromatic N) is 2. The SMILES string of the molecule is CC(C(=O)O)N(C)C(=O)N1CCC(CCO)C1. The van der Waals surface area contributed by atoms with Gasteiger partial charge in [0.05, 0.1) is 0 Å². The Kier molecular flexibility index (Phi) is 4.74. The molecule has 1 aliphatic rings. The molecule has 1 aliphatic heterocycles. The molecular formula is C11H20N2O4. The van der Waals surface area contributed by atoms with Gasteiger partial charge in [-0.05, 0) is 25.7 Å². The number of aliphatic carboxylic acids is 1. The number of carboxylic acid groups (broad SMARTS) is 1. The molecule has 6 nitrogen and oxygen atoms in total. The van der Waals surface area contributed by atoms with Crippen LogP contribution >= 0.6 is 0 Å². The van der Waals surface area contributed by atoms with Gasteiger partial charge >= 0.3 is 12.0 Å². The van der Waals surface area contributed by atoms with Crippen molar-refractivity contribution < 1.29 is 19.8 Å². The third-order valence-corrected chi connectivity index (χ3v) is 3.33. The molecule has 6 heteroatoms. The van der Waals surface area contributed by atoms with Crippen molar-refractivity contribution in [2.75, 3.05) is 26.7 Å². The van der Waals surface area contributed by atoms with Gasteiger partial charge in [0.25, 0.3) is 0 Å². The van der Waals surface area contributed by atoms with E-state index in [0.29, 0.717) is 25.4 Å². The highest BCUT2D eigenvalue weighted by Crippen LogP contribution is 2.20. The van der Waals surface area contributed by atoms with E-state index in [9.17, 15) is 9.59 Å². The van der Waals surface area contributed by atoms with Crippen molar-refractivity contribution in [1.29, 1.82) is 0 Å². The minimum absolute atomic E-state index is 0.133. The van der Waals surface area contributed by atoms with E-state index in [-0.39, 0.29) is 12.6 Å². The molecule has 0 aromatic carbocycles. The Morgan fingerprint density at radius 2 is 2.18 bits per heavy atom. The van der Waals surface area contributed by atoms with Crippen LogP contribution in [0.5, 0.6) is 0 Å². The average molecular weight is 244 g/mol. The first kappa shape index (κ1) is 13.8. The number of aliphatic hydroxyl groups excluding tert-OH is 1. The lowest BCUT2D eigenvalue weighted by Crippen LogP contribution is -2.47. The molecule has 2 unspecified atom stereocenters. The lowest BCUT2D eigenvalue weighted by atomic mass is 10.1. The van der Waals surface area contributed by atoms with Gasteiger partial charge in [-0.15, -0.1) is 0 Å². The molecule has 17 heavy (non-hydrogen) atoms. The van der Waals surface area contributed by atoms with Crippen LogP contribution in [-0.4, -0.2) is 64.8 Å². The monoisotopic (exact) mass is 244 g/mol. The van der Waals surface area contributed by atoms with Crippen LogP contribution in [0.1, 0.15) is 19.8 Å². The molecule has 98 valence electrons. The number of carbonyl (C=O) groups is 2. The second-order valence-corrected chi connectivity index (χ2v) is 4.52. The van der Waals surface area contributed by atoms with Gasteiger partial charge in [0.1, 0.15) is 6.04 Å². The van der Waals surface area contributed by atoms with Crippen molar-refractivity contribution in [3.8, 4) is 0 Å². The van der Waals surface area contributed by atoms with Crippen molar-refractivity contribution in [1.82, 2.24) is 9.80 Å². The molecule has 2 N–H and O–H groups in total. The fourth-order valence-corrected chi connectivity index (χ4v) is 1.98. The topological polar surface area (TPSA) is 81.1 Å². The quantitative estimate of drug-likeness (QED) is 0.741. The summed E-state index contributed by atoms with van der Waals surface area (Å²) in [5, 5.41) is 17.7. The lowest BCUT2D eigenvalue weighted by molar-refractivity contribution is -0.141. The largest absolute Gasteiger partial charge is 0.480 e. The van der Waals surface area contributed by atoms with Crippen LogP contribution in [0, 0.1) is 5.92 Å². The molecule has 1 heterocycles. The van der Waals surface area contributed by atoms with E-state index in [4.69, 9.17) is 10.2 Å². The van der Waals surface area contributed by atoms with Crippen molar-refractivity contribution >= 4 is 12.0 Å². The summed E-state index contributed by atoms with van der Waals surface area (Å²) in [6.07, 6.45) is 1.57. The molecule has 0 saturated carbocycles. The van der Waals surface area contributed by atoms with E-state index >= 15 is 0 Å². The molecule has 0 radical (unpaired) electrons. The summed E-state index contributed by atoms with van der Waals surface area (Å²) in [7, 11) is 1.50. The first-order valence-corrected chi connectivity index (χ1v) is 5.82. The van der Waals surface area contributed by atoms with Crippen LogP contribution in [0.2, 0.25) is 0 Å². The average Bonchev–Trinajstić information content (AvgIpc) is 2.75. The Hall–Kier alpha value is -1.30. The molecular weight excluding hydrogens is 224 g/mol. The van der Waals surface area contributed by atoms with E-state index in [1.54, 1.807) is 4.90 Å². The fraction of sp³-hybridized carbons (Fsp3) is 0.818. The standard InChI is InChI=1S/C11H20N2O4/c1-8(10(15)16)12(2)11(17)13-5-3-9(7-13)4-6-14/h8-9,14H,3-7H2,1-2H3,(H,15,16). The van der Waals surface area contributed by atoms with E-state index in [2.05, 4.69) is 0 Å². The number of rotatable bonds is 4. The van der Waals surface area contributed by atoms with Gasteiger partial charge in [0, 0.05) is 26.7 Å². The maximum absolute atomic E-state index is 12.0. The number of urea groups is 1. The molecule has 2 amide bonds. The van der Waals surface area contributed by atoms with Crippen LogP contribution in [0.25, 0.3) is 0 Å². The second kappa shape index (κ2) is 5.86. The summed E-state index contributed by atoms with van der Waals surface area (Å²) in [5.41, 5.74) is 0. The Balaban J connectivity index is 2.51. The molecule has 1 fully saturated rings. The number of likely N-dealkylation sites (tertiary alicyclic amines) is 1. The van der Waals surface area contributed by atoms with E-state index < -0.39 is 12.0 Å². The highest BCUT2D eigenvalue weighted by atomic mass is 16.4. The molecule has 0 spiro atoms. The van der Waals surface area contributed by atoms with E-state index in [1.807, 2.05) is 0 Å². The zero-order valence-corrected chi connectivity index (χ0v) is 10.3. The Morgan fingerprint density at radius 1 is 1.53 bits per heavy atom. The van der Waals surface area contributed by atoms with Crippen LogP contribution in [0.4, 0.5) is 4.79 Å². The number of amides is 2. The minimum Gasteiger partial charge on any atom is -0.480 e. The van der Waals surface area contributed by atoms with Gasteiger partial charge in [0.2, 0.25) is 0 Å². The van der Waals surface area contributed by atoms with Gasteiger partial charge in [0.15, 0.2) is 0 Å². The van der Waals surface area contributed by atoms with Gasteiger partial charge in [-0.25, -0.2) is 9.59 Å². The molecule has 1 rings (SSSR count). The Labute approximate surface area is 101 Å². The summed E-state index contributed by atoms with van der Waals surface area (Å²) in [4.78, 5) is 25.6. The van der Waals surface area contributed by atoms with Gasteiger partial charge in [-0.2, -0.15) is 0 Å². The highest BCUT2D eigenvalue weighted by Gasteiger charge is 2.31. The van der Waals surface area contributed by atoms with Crippen molar-refractivity contribution in [2.45, 2.75) is 25.8 Å². The van der Waals surface area contributed by atoms with Crippen molar-refractivity contribution in [2.24, 2.45) is 5.92 Å². The zero-order valence-electron chi connectivity index (χ0n) is 10.3. The van der Waals surface area contributed by atoms with Crippen LogP contribution < -0.4 is 0 Å². The predicted molar refractivity (Wildman–Crippen MR) is 61.6 cm³/mol. The van der Waals surface area contributed by atoms with Gasteiger partial charge in [-0.3, -0.25) is 0 Å². The number of hydrogen-bond acceptors (Lipinski definition) is 3. The number of hydrogen-bond donors (Lipinski definition) is 2. The first-order chi connectivity index (χ1) is 7.97. The van der Waals surface area contributed by atoms with Crippen LogP contribution in [-0.2, 0) is 4.79 Å². The lowest BCUT2D eigenvalue weighted by Gasteiger charge is -2.27. The van der Waals surface area contributed by atoms with Crippen LogP contribution in [0.3, 0.4) is 0 Å². The molecule has 2 atom stereocenters. The number of likely N-dealkylation sites (N-methyl/N-ethyl adjacent to an activating group) is 1. The minimum atomic E-state index is -1.01. The summed E-state index contributed by atoms with van der Waals surface area (Å²) in [6, 6.07) is -1.07. The highest BCUT2D eigenvalue weighted by molar-refractivity contribution is 5.82. The summed E-state index contributed by atoms with van der Waals surface area (Å²) in [5.74, 6) is -0.676. The maximum atomic E-state index is 12.0. The summed E-state index contributed by atoms with van der Waals surface area (Å²) >= 11 is 0. The van der Waals surface area contributed by atoms with Gasteiger partial charge < -0.3 is 20.0 Å². The molecule has 0 aromatic rings. The molecule has 0 bridgehead atoms. The predicted octanol–water partition coefficient (Wildman–Crippen LogP) is 0.216. The van der Waals surface area contributed by atoms with Crippen LogP contribution in [0.15, 0.2) is 0 Å².